The van der Waals surface area contributed by atoms with Gasteiger partial charge >= 0.3 is 5.97 Å². The maximum Gasteiger partial charge on any atom is 0.349 e. The van der Waals surface area contributed by atoms with E-state index in [0.29, 0.717) is 0 Å². The minimum Gasteiger partial charge on any atom is -0.482 e. The smallest absolute Gasteiger partial charge is 0.349 e. The first-order chi connectivity index (χ1) is 9.97. The maximum absolute atomic E-state index is 11.8. The molecule has 0 bridgehead atoms. The highest BCUT2D eigenvalue weighted by molar-refractivity contribution is 7.12. The molecule has 0 saturated heterocycles. The molecular weight excluding hydrogens is 296 g/mol. The van der Waals surface area contributed by atoms with Crippen LogP contribution in [0.3, 0.4) is 0 Å². The average molecular weight is 312 g/mol. The Morgan fingerprint density at radius 3 is 2.81 bits per heavy atom. The maximum atomic E-state index is 11.8. The summed E-state index contributed by atoms with van der Waals surface area (Å²) in [6.45, 7) is -0.335. The number of hydrogen-bond donors (Lipinski definition) is 2. The molecule has 114 valence electrons. The molecule has 0 unspecified atom stereocenters. The van der Waals surface area contributed by atoms with E-state index in [1.807, 2.05) is 0 Å². The third-order valence-corrected chi connectivity index (χ3v) is 3.81. The summed E-state index contributed by atoms with van der Waals surface area (Å²) in [5.74, 6) is -1.51. The van der Waals surface area contributed by atoms with E-state index < -0.39 is 5.97 Å². The number of likely N-dealkylation sites (N-methyl/N-ethyl adjacent to an activating group) is 1. The lowest BCUT2D eigenvalue weighted by atomic mass is 10.4. The van der Waals surface area contributed by atoms with Gasteiger partial charge in [0.2, 0.25) is 5.91 Å². The van der Waals surface area contributed by atoms with Crippen molar-refractivity contribution in [3.05, 3.63) is 16.3 Å². The Kier molecular flexibility index (Phi) is 4.79. The zero-order valence-corrected chi connectivity index (χ0v) is 12.3. The number of amides is 2. The van der Waals surface area contributed by atoms with Crippen LogP contribution in [0, 0.1) is 0 Å². The van der Waals surface area contributed by atoms with Gasteiger partial charge in [-0.3, -0.25) is 9.59 Å². The van der Waals surface area contributed by atoms with Crippen LogP contribution in [0.1, 0.15) is 22.5 Å². The van der Waals surface area contributed by atoms with Gasteiger partial charge in [0.1, 0.15) is 5.75 Å². The standard InChI is InChI=1S/C13H16N2O5S/c1-15(6-10(16)14-8-2-3-8)11(17)7-20-9-4-5-21-12(9)13(18)19/h4-5,8H,2-3,6-7H2,1H3,(H,14,16)(H,18,19). The number of thiophene rings is 1. The van der Waals surface area contributed by atoms with Crippen molar-refractivity contribution in [2.75, 3.05) is 20.2 Å². The minimum atomic E-state index is -1.09. The number of hydrogen-bond acceptors (Lipinski definition) is 5. The molecule has 1 aromatic heterocycles. The Hall–Kier alpha value is -2.09. The van der Waals surface area contributed by atoms with Crippen LogP contribution in [0.25, 0.3) is 0 Å². The zero-order valence-electron chi connectivity index (χ0n) is 11.5. The SMILES string of the molecule is CN(CC(=O)NC1CC1)C(=O)COc1ccsc1C(=O)O. The van der Waals surface area contributed by atoms with Crippen molar-refractivity contribution in [1.82, 2.24) is 10.2 Å². The summed E-state index contributed by atoms with van der Waals surface area (Å²) in [4.78, 5) is 35.6. The van der Waals surface area contributed by atoms with Crippen LogP contribution in [0.2, 0.25) is 0 Å². The number of nitrogens with zero attached hydrogens (tertiary/aromatic N) is 1. The molecule has 0 atom stereocenters. The van der Waals surface area contributed by atoms with Crippen molar-refractivity contribution in [2.24, 2.45) is 0 Å². The highest BCUT2D eigenvalue weighted by Crippen LogP contribution is 2.24. The molecule has 0 spiro atoms. The zero-order chi connectivity index (χ0) is 15.4. The molecule has 2 rings (SSSR count). The van der Waals surface area contributed by atoms with Gasteiger partial charge in [0.05, 0.1) is 6.54 Å². The van der Waals surface area contributed by atoms with Gasteiger partial charge in [0.15, 0.2) is 11.5 Å². The van der Waals surface area contributed by atoms with E-state index in [4.69, 9.17) is 9.84 Å². The lowest BCUT2D eigenvalue weighted by Crippen LogP contribution is -2.40. The van der Waals surface area contributed by atoms with Crippen molar-refractivity contribution >= 4 is 29.1 Å². The number of carbonyl (C=O) groups is 3. The average Bonchev–Trinajstić information content (AvgIpc) is 3.09. The third kappa shape index (κ3) is 4.45. The molecule has 7 nitrogen and oxygen atoms in total. The fourth-order valence-corrected chi connectivity index (χ4v) is 2.29. The molecule has 2 amide bonds. The lowest BCUT2D eigenvalue weighted by molar-refractivity contribution is -0.136. The van der Waals surface area contributed by atoms with E-state index >= 15 is 0 Å². The summed E-state index contributed by atoms with van der Waals surface area (Å²) in [5, 5.41) is 13.3. The molecule has 0 radical (unpaired) electrons. The number of carboxylic acid groups (broad SMARTS) is 1. The van der Waals surface area contributed by atoms with Gasteiger partial charge in [-0.15, -0.1) is 11.3 Å². The molecule has 0 aromatic carbocycles. The number of aromatic carboxylic acids is 1. The van der Waals surface area contributed by atoms with E-state index in [9.17, 15) is 14.4 Å². The summed E-state index contributed by atoms with van der Waals surface area (Å²) in [5.41, 5.74) is 0. The fourth-order valence-electron chi connectivity index (χ4n) is 1.62. The van der Waals surface area contributed by atoms with Crippen LogP contribution in [0.4, 0.5) is 0 Å². The molecule has 1 heterocycles. The van der Waals surface area contributed by atoms with Crippen molar-refractivity contribution in [3.63, 3.8) is 0 Å². The van der Waals surface area contributed by atoms with Gasteiger partial charge in [-0.2, -0.15) is 0 Å². The molecule has 8 heteroatoms. The van der Waals surface area contributed by atoms with Crippen LogP contribution >= 0.6 is 11.3 Å². The number of rotatable bonds is 7. The number of carboxylic acids is 1. The second-order valence-electron chi connectivity index (χ2n) is 4.80. The lowest BCUT2D eigenvalue weighted by Gasteiger charge is -2.16. The Morgan fingerprint density at radius 2 is 2.19 bits per heavy atom. The first-order valence-electron chi connectivity index (χ1n) is 6.44. The summed E-state index contributed by atoms with van der Waals surface area (Å²) < 4.78 is 5.20. The molecule has 1 fully saturated rings. The Balaban J connectivity index is 1.78. The molecule has 21 heavy (non-hydrogen) atoms. The summed E-state index contributed by atoms with van der Waals surface area (Å²) in [6, 6.07) is 1.75. The third-order valence-electron chi connectivity index (χ3n) is 2.92. The second-order valence-corrected chi connectivity index (χ2v) is 5.72. The van der Waals surface area contributed by atoms with Crippen LogP contribution < -0.4 is 10.1 Å². The van der Waals surface area contributed by atoms with E-state index in [2.05, 4.69) is 5.32 Å². The van der Waals surface area contributed by atoms with E-state index in [1.165, 1.54) is 18.0 Å². The van der Waals surface area contributed by atoms with Gasteiger partial charge in [-0.25, -0.2) is 4.79 Å². The van der Waals surface area contributed by atoms with Crippen LogP contribution in [-0.2, 0) is 9.59 Å². The van der Waals surface area contributed by atoms with E-state index in [-0.39, 0.29) is 41.6 Å². The van der Waals surface area contributed by atoms with E-state index in [1.54, 1.807) is 5.38 Å². The van der Waals surface area contributed by atoms with Crippen LogP contribution in [-0.4, -0.2) is 54.0 Å². The summed E-state index contributed by atoms with van der Waals surface area (Å²) in [6.07, 6.45) is 1.98. The Bertz CT molecular complexity index is 553. The quantitative estimate of drug-likeness (QED) is 0.767. The number of carbonyl (C=O) groups excluding carboxylic acids is 2. The van der Waals surface area contributed by atoms with Gasteiger partial charge in [-0.05, 0) is 24.3 Å². The Morgan fingerprint density at radius 1 is 1.48 bits per heavy atom. The normalized spacial score (nSPS) is 13.6. The first kappa shape index (κ1) is 15.3. The molecule has 1 aromatic rings. The molecule has 1 aliphatic carbocycles. The minimum absolute atomic E-state index is 0.0336. The van der Waals surface area contributed by atoms with Crippen molar-refractivity contribution in [3.8, 4) is 5.75 Å². The number of nitrogens with one attached hydrogen (secondary N) is 1. The van der Waals surface area contributed by atoms with Gasteiger partial charge in [0, 0.05) is 13.1 Å². The molecule has 1 aliphatic rings. The topological polar surface area (TPSA) is 95.9 Å². The highest BCUT2D eigenvalue weighted by Gasteiger charge is 2.24. The molecule has 2 N–H and O–H groups in total. The van der Waals surface area contributed by atoms with Crippen LogP contribution in [0.15, 0.2) is 11.4 Å². The van der Waals surface area contributed by atoms with Crippen molar-refractivity contribution < 1.29 is 24.2 Å². The van der Waals surface area contributed by atoms with E-state index in [0.717, 1.165) is 24.2 Å². The fraction of sp³-hybridized carbons (Fsp3) is 0.462. The van der Waals surface area contributed by atoms with Crippen molar-refractivity contribution in [1.29, 1.82) is 0 Å². The van der Waals surface area contributed by atoms with Gasteiger partial charge < -0.3 is 20.1 Å². The largest absolute Gasteiger partial charge is 0.482 e. The van der Waals surface area contributed by atoms with Crippen LogP contribution in [0.5, 0.6) is 5.75 Å². The predicted octanol–water partition coefficient (Wildman–Crippen LogP) is 0.562. The highest BCUT2D eigenvalue weighted by atomic mass is 32.1. The Labute approximate surface area is 125 Å². The van der Waals surface area contributed by atoms with Gasteiger partial charge in [0.25, 0.3) is 5.91 Å². The first-order valence-corrected chi connectivity index (χ1v) is 7.32. The van der Waals surface area contributed by atoms with Crippen molar-refractivity contribution in [2.45, 2.75) is 18.9 Å². The molecule has 1 saturated carbocycles. The molecule has 0 aliphatic heterocycles. The number of ether oxygens (including phenoxy) is 1. The second kappa shape index (κ2) is 6.57. The molecular formula is C13H16N2O5S. The predicted molar refractivity (Wildman–Crippen MR) is 75.6 cm³/mol. The summed E-state index contributed by atoms with van der Waals surface area (Å²) >= 11 is 1.03. The monoisotopic (exact) mass is 312 g/mol. The summed E-state index contributed by atoms with van der Waals surface area (Å²) in [7, 11) is 1.50. The van der Waals surface area contributed by atoms with Gasteiger partial charge in [-0.1, -0.05) is 0 Å².